The fourth-order valence-corrected chi connectivity index (χ4v) is 5.15. The maximum atomic E-state index is 5.42. The summed E-state index contributed by atoms with van der Waals surface area (Å²) in [5.41, 5.74) is 4.33. The molecule has 3 heterocycles. The minimum absolute atomic E-state index is 0.871. The molecule has 7 heteroatoms. The first-order valence-corrected chi connectivity index (χ1v) is 11.9. The highest BCUT2D eigenvalue weighted by Crippen LogP contribution is 2.33. The van der Waals surface area contributed by atoms with Gasteiger partial charge in [-0.25, -0.2) is 4.98 Å². The van der Waals surface area contributed by atoms with E-state index >= 15 is 0 Å². The molecule has 148 valence electrons. The summed E-state index contributed by atoms with van der Waals surface area (Å²) in [6, 6.07) is 10.4. The van der Waals surface area contributed by atoms with Crippen LogP contribution in [0.2, 0.25) is 0 Å². The summed E-state index contributed by atoms with van der Waals surface area (Å²) in [4.78, 5) is 13.3. The maximum Gasteiger partial charge on any atom is 0.170 e. The Kier molecular flexibility index (Phi) is 6.57. The van der Waals surface area contributed by atoms with Crippen LogP contribution in [0.25, 0.3) is 22.6 Å². The normalized spacial score (nSPS) is 15.4. The Morgan fingerprint density at radius 1 is 1.14 bits per heavy atom. The summed E-state index contributed by atoms with van der Waals surface area (Å²) in [7, 11) is 0. The van der Waals surface area contributed by atoms with Crippen molar-refractivity contribution in [2.24, 2.45) is 0 Å². The van der Waals surface area contributed by atoms with Gasteiger partial charge in [0.05, 0.1) is 24.2 Å². The summed E-state index contributed by atoms with van der Waals surface area (Å²) in [6.45, 7) is 7.18. The minimum Gasteiger partial charge on any atom is -0.379 e. The third kappa shape index (κ3) is 4.22. The Morgan fingerprint density at radius 2 is 1.96 bits per heavy atom. The Morgan fingerprint density at radius 3 is 2.79 bits per heavy atom. The predicted octanol–water partition coefficient (Wildman–Crippen LogP) is 4.35. The van der Waals surface area contributed by atoms with Crippen molar-refractivity contribution in [2.75, 3.05) is 44.9 Å². The van der Waals surface area contributed by atoms with Crippen molar-refractivity contribution < 1.29 is 4.74 Å². The number of morpholine rings is 1. The number of rotatable bonds is 7. The van der Waals surface area contributed by atoms with Gasteiger partial charge in [-0.2, -0.15) is 0 Å². The van der Waals surface area contributed by atoms with Gasteiger partial charge >= 0.3 is 0 Å². The Labute approximate surface area is 175 Å². The number of benzene rings is 1. The molecular formula is C21H26N4OS2. The lowest BCUT2D eigenvalue weighted by molar-refractivity contribution is 0.0381. The van der Waals surface area contributed by atoms with Gasteiger partial charge in [-0.15, -0.1) is 11.8 Å². The van der Waals surface area contributed by atoms with Crippen LogP contribution in [0.15, 0.2) is 41.4 Å². The molecule has 1 aromatic carbocycles. The van der Waals surface area contributed by atoms with Crippen molar-refractivity contribution in [1.82, 2.24) is 18.8 Å². The highest BCUT2D eigenvalue weighted by molar-refractivity contribution is 7.99. The summed E-state index contributed by atoms with van der Waals surface area (Å²) in [5, 5.41) is 0. The van der Waals surface area contributed by atoms with E-state index in [9.17, 15) is 0 Å². The van der Waals surface area contributed by atoms with E-state index in [1.165, 1.54) is 16.9 Å². The highest BCUT2D eigenvalue weighted by atomic mass is 32.2. The fourth-order valence-electron chi connectivity index (χ4n) is 3.53. The van der Waals surface area contributed by atoms with E-state index in [4.69, 9.17) is 9.72 Å². The molecule has 3 aromatic rings. The molecule has 0 N–H and O–H groups in total. The average Bonchev–Trinajstić information content (AvgIpc) is 3.11. The van der Waals surface area contributed by atoms with Crippen molar-refractivity contribution >= 4 is 34.7 Å². The molecule has 28 heavy (non-hydrogen) atoms. The highest BCUT2D eigenvalue weighted by Gasteiger charge is 2.17. The minimum atomic E-state index is 0.871. The number of hydrogen-bond donors (Lipinski definition) is 0. The first-order valence-electron chi connectivity index (χ1n) is 9.69. The van der Waals surface area contributed by atoms with Crippen LogP contribution in [0.5, 0.6) is 0 Å². The van der Waals surface area contributed by atoms with Crippen LogP contribution in [0, 0.1) is 6.92 Å². The zero-order valence-electron chi connectivity index (χ0n) is 16.4. The van der Waals surface area contributed by atoms with E-state index in [1.54, 1.807) is 11.9 Å². The molecule has 0 unspecified atom stereocenters. The second kappa shape index (κ2) is 9.31. The van der Waals surface area contributed by atoms with Crippen LogP contribution < -0.4 is 0 Å². The second-order valence-electron chi connectivity index (χ2n) is 6.84. The molecule has 0 atom stereocenters. The van der Waals surface area contributed by atoms with Crippen molar-refractivity contribution in [3.63, 3.8) is 0 Å². The second-order valence-corrected chi connectivity index (χ2v) is 8.71. The van der Waals surface area contributed by atoms with E-state index in [-0.39, 0.29) is 0 Å². The molecule has 1 saturated heterocycles. The number of pyridine rings is 1. The summed E-state index contributed by atoms with van der Waals surface area (Å²) in [5.74, 6) is 2.04. The number of para-hydroxylation sites is 2. The molecule has 0 radical (unpaired) electrons. The largest absolute Gasteiger partial charge is 0.379 e. The van der Waals surface area contributed by atoms with Gasteiger partial charge in [0.2, 0.25) is 0 Å². The molecule has 0 bridgehead atoms. The van der Waals surface area contributed by atoms with E-state index in [1.807, 2.05) is 24.0 Å². The number of ether oxygens (including phenoxy) is 1. The predicted molar refractivity (Wildman–Crippen MR) is 119 cm³/mol. The summed E-state index contributed by atoms with van der Waals surface area (Å²) < 4.78 is 7.60. The van der Waals surface area contributed by atoms with Gasteiger partial charge < -0.3 is 4.74 Å². The Hall–Kier alpha value is -1.54. The zero-order valence-corrected chi connectivity index (χ0v) is 18.1. The van der Waals surface area contributed by atoms with Crippen molar-refractivity contribution in [2.45, 2.75) is 18.2 Å². The van der Waals surface area contributed by atoms with Gasteiger partial charge in [0.1, 0.15) is 5.69 Å². The number of aromatic nitrogens is 3. The fraction of sp³-hybridized carbons (Fsp3) is 0.429. The number of fused-ring (bicyclic) bond motifs is 1. The van der Waals surface area contributed by atoms with Gasteiger partial charge in [0.25, 0.3) is 0 Å². The Bertz CT molecular complexity index is 937. The first kappa shape index (κ1) is 19.8. The van der Waals surface area contributed by atoms with Crippen LogP contribution >= 0.6 is 23.7 Å². The van der Waals surface area contributed by atoms with Gasteiger partial charge in [-0.3, -0.25) is 13.9 Å². The molecular weight excluding hydrogens is 388 g/mol. The standard InChI is InChI=1S/C21H26N4OS2/c1-16-19(28-15-5-10-24-11-13-26-14-12-24)8-9-22-20(16)21-23-17-6-3-4-7-18(17)25(21)27-2/h3-4,6-9H,5,10-15H2,1-2H3. The number of imidazole rings is 1. The monoisotopic (exact) mass is 414 g/mol. The van der Waals surface area contributed by atoms with E-state index in [2.05, 4.69) is 51.3 Å². The quantitative estimate of drug-likeness (QED) is 0.423. The van der Waals surface area contributed by atoms with Crippen molar-refractivity contribution in [1.29, 1.82) is 0 Å². The third-order valence-electron chi connectivity index (χ3n) is 5.05. The van der Waals surface area contributed by atoms with Crippen LogP contribution in [0.3, 0.4) is 0 Å². The van der Waals surface area contributed by atoms with Gasteiger partial charge in [0.15, 0.2) is 5.82 Å². The van der Waals surface area contributed by atoms with Gasteiger partial charge in [0, 0.05) is 30.4 Å². The molecule has 4 rings (SSSR count). The average molecular weight is 415 g/mol. The molecule has 0 aliphatic carbocycles. The van der Waals surface area contributed by atoms with Crippen LogP contribution in [-0.2, 0) is 4.74 Å². The molecule has 1 fully saturated rings. The topological polar surface area (TPSA) is 43.2 Å². The van der Waals surface area contributed by atoms with Crippen LogP contribution in [0.1, 0.15) is 12.0 Å². The van der Waals surface area contributed by atoms with E-state index in [0.717, 1.165) is 61.2 Å². The van der Waals surface area contributed by atoms with E-state index in [0.29, 0.717) is 0 Å². The van der Waals surface area contributed by atoms with Gasteiger partial charge in [-0.05, 0) is 61.4 Å². The molecule has 2 aromatic heterocycles. The van der Waals surface area contributed by atoms with Crippen LogP contribution in [0.4, 0.5) is 0 Å². The maximum absolute atomic E-state index is 5.42. The lowest BCUT2D eigenvalue weighted by Gasteiger charge is -2.26. The Balaban J connectivity index is 1.49. The van der Waals surface area contributed by atoms with Gasteiger partial charge in [-0.1, -0.05) is 12.1 Å². The lowest BCUT2D eigenvalue weighted by Crippen LogP contribution is -2.36. The molecule has 0 spiro atoms. The molecule has 1 aliphatic heterocycles. The summed E-state index contributed by atoms with van der Waals surface area (Å²) in [6.07, 6.45) is 5.18. The van der Waals surface area contributed by atoms with E-state index < -0.39 is 0 Å². The first-order chi connectivity index (χ1) is 13.8. The molecule has 0 amide bonds. The molecule has 0 saturated carbocycles. The molecule has 1 aliphatic rings. The number of thioether (sulfide) groups is 1. The smallest absolute Gasteiger partial charge is 0.170 e. The summed E-state index contributed by atoms with van der Waals surface area (Å²) >= 11 is 3.59. The van der Waals surface area contributed by atoms with Crippen LogP contribution in [-0.4, -0.2) is 63.7 Å². The number of hydrogen-bond acceptors (Lipinski definition) is 6. The molecule has 5 nitrogen and oxygen atoms in total. The van der Waals surface area contributed by atoms with Crippen molar-refractivity contribution in [3.8, 4) is 11.5 Å². The lowest BCUT2D eigenvalue weighted by atomic mass is 10.2. The number of nitrogens with zero attached hydrogens (tertiary/aromatic N) is 4. The SMILES string of the molecule is CSn1c(-c2nccc(SCCCN3CCOCC3)c2C)nc2ccccc21. The third-order valence-corrected chi connectivity index (χ3v) is 7.03. The zero-order chi connectivity index (χ0) is 19.3. The van der Waals surface area contributed by atoms with Crippen molar-refractivity contribution in [3.05, 3.63) is 42.1 Å².